The first-order valence-electron chi connectivity index (χ1n) is 10.2. The van der Waals surface area contributed by atoms with Gasteiger partial charge in [-0.25, -0.2) is 4.98 Å². The lowest BCUT2D eigenvalue weighted by atomic mass is 10.1. The number of hydrogen-bond donors (Lipinski definition) is 2. The van der Waals surface area contributed by atoms with Crippen molar-refractivity contribution in [3.8, 4) is 27.8 Å². The minimum absolute atomic E-state index is 0.256. The van der Waals surface area contributed by atoms with Crippen LogP contribution in [0.1, 0.15) is 25.6 Å². The number of carbonyl (C=O) groups excluding carboxylic acids is 2. The smallest absolute Gasteiger partial charge is 0.259 e. The minimum Gasteiger partial charge on any atom is -0.497 e. The second-order valence-corrected chi connectivity index (χ2v) is 8.42. The number of amides is 2. The van der Waals surface area contributed by atoms with Crippen LogP contribution in [0.4, 0.5) is 5.69 Å². The van der Waals surface area contributed by atoms with Crippen LogP contribution in [0.15, 0.2) is 72.9 Å². The van der Waals surface area contributed by atoms with Crippen molar-refractivity contribution in [2.75, 3.05) is 12.4 Å². The zero-order valence-corrected chi connectivity index (χ0v) is 18.4. The SMILES string of the molecule is COc1ccc(-c2ncc(CNC(=O)c3ccc4c(c3)NC(=O)c3ccccc3O4)s2)cc1. The number of hydrogen-bond acceptors (Lipinski definition) is 6. The summed E-state index contributed by atoms with van der Waals surface area (Å²) in [7, 11) is 1.63. The molecule has 0 fully saturated rings. The fourth-order valence-electron chi connectivity index (χ4n) is 3.43. The van der Waals surface area contributed by atoms with Crippen LogP contribution in [-0.2, 0) is 6.54 Å². The van der Waals surface area contributed by atoms with Gasteiger partial charge in [0.05, 0.1) is 24.9 Å². The molecule has 1 aliphatic heterocycles. The molecular formula is C25H19N3O4S. The van der Waals surface area contributed by atoms with Crippen molar-refractivity contribution < 1.29 is 19.1 Å². The lowest BCUT2D eigenvalue weighted by Crippen LogP contribution is -2.22. The van der Waals surface area contributed by atoms with E-state index >= 15 is 0 Å². The second-order valence-electron chi connectivity index (χ2n) is 7.31. The second kappa shape index (κ2) is 8.76. The summed E-state index contributed by atoms with van der Waals surface area (Å²) in [6.07, 6.45) is 1.76. The van der Waals surface area contributed by atoms with Gasteiger partial charge in [-0.15, -0.1) is 11.3 Å². The summed E-state index contributed by atoms with van der Waals surface area (Å²) in [4.78, 5) is 30.6. The summed E-state index contributed by atoms with van der Waals surface area (Å²) in [6, 6.07) is 19.6. The van der Waals surface area contributed by atoms with Crippen molar-refractivity contribution in [3.63, 3.8) is 0 Å². The molecule has 2 N–H and O–H groups in total. The summed E-state index contributed by atoms with van der Waals surface area (Å²) in [5.41, 5.74) is 2.30. The molecule has 0 aliphatic carbocycles. The fraction of sp³-hybridized carbons (Fsp3) is 0.0800. The molecule has 164 valence electrons. The maximum Gasteiger partial charge on any atom is 0.259 e. The van der Waals surface area contributed by atoms with Crippen molar-refractivity contribution in [3.05, 3.63) is 88.9 Å². The highest BCUT2D eigenvalue weighted by Gasteiger charge is 2.21. The predicted octanol–water partition coefficient (Wildman–Crippen LogP) is 5.11. The van der Waals surface area contributed by atoms with E-state index in [0.717, 1.165) is 21.2 Å². The third-order valence-corrected chi connectivity index (χ3v) is 6.20. The molecule has 3 aromatic carbocycles. The van der Waals surface area contributed by atoms with E-state index in [1.54, 1.807) is 55.8 Å². The van der Waals surface area contributed by atoms with E-state index in [0.29, 0.717) is 34.9 Å². The van der Waals surface area contributed by atoms with Gasteiger partial charge in [-0.2, -0.15) is 0 Å². The Labute approximate surface area is 194 Å². The van der Waals surface area contributed by atoms with Crippen LogP contribution in [0.2, 0.25) is 0 Å². The zero-order valence-electron chi connectivity index (χ0n) is 17.6. The van der Waals surface area contributed by atoms with Crippen LogP contribution >= 0.6 is 11.3 Å². The summed E-state index contributed by atoms with van der Waals surface area (Å²) >= 11 is 1.51. The molecular weight excluding hydrogens is 438 g/mol. The Bertz CT molecular complexity index is 1350. The number of ether oxygens (including phenoxy) is 2. The molecule has 0 saturated carbocycles. The Balaban J connectivity index is 1.27. The van der Waals surface area contributed by atoms with Gasteiger partial charge in [0.1, 0.15) is 16.5 Å². The normalized spacial score (nSPS) is 12.0. The van der Waals surface area contributed by atoms with Gasteiger partial charge in [0.25, 0.3) is 11.8 Å². The highest BCUT2D eigenvalue weighted by atomic mass is 32.1. The van der Waals surface area contributed by atoms with E-state index in [4.69, 9.17) is 9.47 Å². The van der Waals surface area contributed by atoms with Gasteiger partial charge in [0.15, 0.2) is 5.75 Å². The summed E-state index contributed by atoms with van der Waals surface area (Å²) < 4.78 is 11.1. The van der Waals surface area contributed by atoms with E-state index in [9.17, 15) is 9.59 Å². The topological polar surface area (TPSA) is 89.5 Å². The van der Waals surface area contributed by atoms with Crippen LogP contribution < -0.4 is 20.1 Å². The number of rotatable bonds is 5. The van der Waals surface area contributed by atoms with Gasteiger partial charge < -0.3 is 20.1 Å². The van der Waals surface area contributed by atoms with Gasteiger partial charge in [-0.05, 0) is 54.6 Å². The fourth-order valence-corrected chi connectivity index (χ4v) is 4.29. The number of para-hydroxylation sites is 1. The molecule has 5 rings (SSSR count). The zero-order chi connectivity index (χ0) is 22.8. The Morgan fingerprint density at radius 2 is 1.91 bits per heavy atom. The van der Waals surface area contributed by atoms with Gasteiger partial charge in [-0.1, -0.05) is 12.1 Å². The highest BCUT2D eigenvalue weighted by molar-refractivity contribution is 7.15. The molecule has 1 aromatic heterocycles. The van der Waals surface area contributed by atoms with E-state index in [-0.39, 0.29) is 11.8 Å². The summed E-state index contributed by atoms with van der Waals surface area (Å²) in [5, 5.41) is 6.59. The summed E-state index contributed by atoms with van der Waals surface area (Å²) in [6.45, 7) is 0.345. The van der Waals surface area contributed by atoms with Crippen LogP contribution in [0.3, 0.4) is 0 Å². The van der Waals surface area contributed by atoms with Gasteiger partial charge in [0, 0.05) is 22.2 Å². The van der Waals surface area contributed by atoms with Crippen molar-refractivity contribution in [1.29, 1.82) is 0 Å². The number of fused-ring (bicyclic) bond motifs is 2. The molecule has 0 spiro atoms. The number of aromatic nitrogens is 1. The lowest BCUT2D eigenvalue weighted by molar-refractivity contribution is 0.0950. The number of nitrogens with one attached hydrogen (secondary N) is 2. The van der Waals surface area contributed by atoms with Crippen molar-refractivity contribution in [2.24, 2.45) is 0 Å². The van der Waals surface area contributed by atoms with E-state index in [1.807, 2.05) is 24.3 Å². The van der Waals surface area contributed by atoms with Crippen molar-refractivity contribution >= 4 is 28.8 Å². The van der Waals surface area contributed by atoms with E-state index in [2.05, 4.69) is 15.6 Å². The van der Waals surface area contributed by atoms with Crippen molar-refractivity contribution in [2.45, 2.75) is 6.54 Å². The maximum atomic E-state index is 12.7. The van der Waals surface area contributed by atoms with E-state index in [1.165, 1.54) is 11.3 Å². The average molecular weight is 458 g/mol. The molecule has 0 radical (unpaired) electrons. The molecule has 33 heavy (non-hydrogen) atoms. The molecule has 8 heteroatoms. The monoisotopic (exact) mass is 457 g/mol. The molecule has 4 aromatic rings. The Morgan fingerprint density at radius 3 is 2.73 bits per heavy atom. The molecule has 2 amide bonds. The number of anilines is 1. The number of nitrogens with zero attached hydrogens (tertiary/aromatic N) is 1. The number of benzene rings is 3. The molecule has 0 saturated heterocycles. The summed E-state index contributed by atoms with van der Waals surface area (Å²) in [5.74, 6) is 1.21. The highest BCUT2D eigenvalue weighted by Crippen LogP contribution is 2.36. The van der Waals surface area contributed by atoms with Crippen LogP contribution in [0.5, 0.6) is 17.2 Å². The van der Waals surface area contributed by atoms with Gasteiger partial charge in [0.2, 0.25) is 0 Å². The Kier molecular flexibility index (Phi) is 5.50. The third-order valence-electron chi connectivity index (χ3n) is 5.16. The first-order chi connectivity index (χ1) is 16.1. The molecule has 2 heterocycles. The Morgan fingerprint density at radius 1 is 1.09 bits per heavy atom. The first kappa shape index (κ1) is 20.7. The molecule has 0 atom stereocenters. The van der Waals surface area contributed by atoms with Crippen molar-refractivity contribution in [1.82, 2.24) is 10.3 Å². The molecule has 7 nitrogen and oxygen atoms in total. The third kappa shape index (κ3) is 4.28. The average Bonchev–Trinajstić information content (AvgIpc) is 3.27. The quantitative estimate of drug-likeness (QED) is 0.435. The Hall–Kier alpha value is -4.17. The molecule has 0 unspecified atom stereocenters. The van der Waals surface area contributed by atoms with Gasteiger partial charge in [-0.3, -0.25) is 9.59 Å². The molecule has 0 bridgehead atoms. The minimum atomic E-state index is -0.280. The maximum absolute atomic E-state index is 12.7. The van der Waals surface area contributed by atoms with Crippen LogP contribution in [0.25, 0.3) is 10.6 Å². The van der Waals surface area contributed by atoms with Crippen LogP contribution in [-0.4, -0.2) is 23.9 Å². The van der Waals surface area contributed by atoms with E-state index < -0.39 is 0 Å². The number of carbonyl (C=O) groups is 2. The first-order valence-corrected chi connectivity index (χ1v) is 11.0. The van der Waals surface area contributed by atoms with Gasteiger partial charge >= 0.3 is 0 Å². The largest absolute Gasteiger partial charge is 0.497 e. The standard InChI is InChI=1S/C25H19N3O4S/c1-31-17-9-6-15(7-10-17)25-27-14-18(33-25)13-26-23(29)16-8-11-22-20(12-16)28-24(30)19-4-2-3-5-21(19)32-22/h2-12,14H,13H2,1H3,(H,26,29)(H,28,30). The predicted molar refractivity (Wildman–Crippen MR) is 126 cm³/mol. The number of thiazole rings is 1. The lowest BCUT2D eigenvalue weighted by Gasteiger charge is -2.10. The molecule has 1 aliphatic rings. The number of methoxy groups -OCH3 is 1. The van der Waals surface area contributed by atoms with Crippen LogP contribution in [0, 0.1) is 0 Å².